The van der Waals surface area contributed by atoms with Crippen molar-refractivity contribution in [3.05, 3.63) is 0 Å². The Balaban J connectivity index is 1.42. The third-order valence-corrected chi connectivity index (χ3v) is 4.92. The molecule has 2 saturated carbocycles. The molecule has 0 heteroatoms. The Kier molecular flexibility index (Phi) is 5.72. The van der Waals surface area contributed by atoms with E-state index < -0.39 is 0 Å². The predicted molar refractivity (Wildman–Crippen MR) is 71.6 cm³/mol. The highest BCUT2D eigenvalue weighted by Crippen LogP contribution is 2.31. The minimum Gasteiger partial charge on any atom is -0.0533 e. The lowest BCUT2D eigenvalue weighted by Crippen LogP contribution is -2.05. The van der Waals surface area contributed by atoms with E-state index in [2.05, 4.69) is 0 Å². The minimum absolute atomic E-state index is 1.11. The Morgan fingerprint density at radius 3 is 1.44 bits per heavy atom. The Bertz CT molecular complexity index is 161. The molecule has 2 aliphatic rings. The van der Waals surface area contributed by atoms with Gasteiger partial charge in [0.2, 0.25) is 0 Å². The maximum Gasteiger partial charge on any atom is -0.0414 e. The van der Waals surface area contributed by atoms with Crippen LogP contribution in [0.15, 0.2) is 0 Å². The van der Waals surface area contributed by atoms with Crippen LogP contribution in [-0.4, -0.2) is 0 Å². The van der Waals surface area contributed by atoms with E-state index in [4.69, 9.17) is 0 Å². The highest BCUT2D eigenvalue weighted by atomic mass is 14.2. The smallest absolute Gasteiger partial charge is 0.0414 e. The molecule has 0 aromatic carbocycles. The lowest BCUT2D eigenvalue weighted by Gasteiger charge is -2.21. The van der Waals surface area contributed by atoms with Crippen molar-refractivity contribution in [2.75, 3.05) is 0 Å². The maximum atomic E-state index is 1.55. The van der Waals surface area contributed by atoms with Gasteiger partial charge in [-0.2, -0.15) is 0 Å². The van der Waals surface area contributed by atoms with Crippen LogP contribution in [0.3, 0.4) is 0 Å². The molecule has 2 rings (SSSR count). The lowest BCUT2D eigenvalue weighted by atomic mass is 9.85. The lowest BCUT2D eigenvalue weighted by molar-refractivity contribution is 0.326. The van der Waals surface area contributed by atoms with Gasteiger partial charge in [0.05, 0.1) is 0 Å². The monoisotopic (exact) mass is 222 g/mol. The van der Waals surface area contributed by atoms with Crippen molar-refractivity contribution in [3.63, 3.8) is 0 Å². The van der Waals surface area contributed by atoms with Gasteiger partial charge in [-0.3, -0.25) is 0 Å². The van der Waals surface area contributed by atoms with Gasteiger partial charge in [-0.15, -0.1) is 0 Å². The van der Waals surface area contributed by atoms with Crippen LogP contribution in [0.4, 0.5) is 0 Å². The van der Waals surface area contributed by atoms with Gasteiger partial charge in [0.25, 0.3) is 0 Å². The maximum absolute atomic E-state index is 1.55. The van der Waals surface area contributed by atoms with Crippen molar-refractivity contribution in [2.45, 2.75) is 89.9 Å². The summed E-state index contributed by atoms with van der Waals surface area (Å²) in [5.74, 6) is 2.23. The predicted octanol–water partition coefficient (Wildman–Crippen LogP) is 5.71. The van der Waals surface area contributed by atoms with Crippen molar-refractivity contribution in [3.8, 4) is 0 Å². The summed E-state index contributed by atoms with van der Waals surface area (Å²) in [5.41, 5.74) is 0. The van der Waals surface area contributed by atoms with Gasteiger partial charge >= 0.3 is 0 Å². The van der Waals surface area contributed by atoms with Crippen LogP contribution < -0.4 is 0 Å². The summed E-state index contributed by atoms with van der Waals surface area (Å²) >= 11 is 0. The molecule has 2 fully saturated rings. The average Bonchev–Trinajstić information content (AvgIpc) is 2.83. The van der Waals surface area contributed by atoms with Crippen molar-refractivity contribution >= 4 is 0 Å². The molecule has 0 radical (unpaired) electrons. The SMILES string of the molecule is C1CCC(CCCCCC2CCCC2)CC1. The second kappa shape index (κ2) is 7.35. The summed E-state index contributed by atoms with van der Waals surface area (Å²) in [6.45, 7) is 0. The molecule has 0 spiro atoms. The molecule has 0 aromatic heterocycles. The highest BCUT2D eigenvalue weighted by molar-refractivity contribution is 4.68. The van der Waals surface area contributed by atoms with E-state index in [9.17, 15) is 0 Å². The number of unbranched alkanes of at least 4 members (excludes halogenated alkanes) is 2. The van der Waals surface area contributed by atoms with Crippen molar-refractivity contribution in [1.29, 1.82) is 0 Å². The third-order valence-electron chi connectivity index (χ3n) is 4.92. The van der Waals surface area contributed by atoms with E-state index in [1.165, 1.54) is 51.4 Å². The molecule has 0 aromatic rings. The van der Waals surface area contributed by atoms with E-state index in [0.717, 1.165) is 11.8 Å². The van der Waals surface area contributed by atoms with E-state index in [1.807, 2.05) is 0 Å². The summed E-state index contributed by atoms with van der Waals surface area (Å²) < 4.78 is 0. The Hall–Kier alpha value is 0. The zero-order chi connectivity index (χ0) is 11.1. The second-order valence-electron chi connectivity index (χ2n) is 6.29. The first kappa shape index (κ1) is 12.5. The van der Waals surface area contributed by atoms with Crippen LogP contribution >= 0.6 is 0 Å². The zero-order valence-electron chi connectivity index (χ0n) is 11.1. The van der Waals surface area contributed by atoms with Gasteiger partial charge in [-0.25, -0.2) is 0 Å². The standard InChI is InChI=1S/C16H30/c1-3-9-15(10-4-1)11-5-2-6-12-16-13-7-8-14-16/h15-16H,1-14H2. The molecule has 2 aliphatic carbocycles. The van der Waals surface area contributed by atoms with E-state index in [0.29, 0.717) is 0 Å². The van der Waals surface area contributed by atoms with Gasteiger partial charge in [-0.05, 0) is 11.8 Å². The first-order valence-corrected chi connectivity index (χ1v) is 7.95. The number of hydrogen-bond donors (Lipinski definition) is 0. The molecule has 0 atom stereocenters. The first-order chi connectivity index (χ1) is 7.95. The topological polar surface area (TPSA) is 0 Å². The number of rotatable bonds is 6. The molecule has 0 saturated heterocycles. The van der Waals surface area contributed by atoms with E-state index in [-0.39, 0.29) is 0 Å². The summed E-state index contributed by atoms with van der Waals surface area (Å²) in [6.07, 6.45) is 21.4. The molecule has 0 bridgehead atoms. The van der Waals surface area contributed by atoms with Crippen LogP contribution in [0.2, 0.25) is 0 Å². The van der Waals surface area contributed by atoms with Crippen LogP contribution in [0, 0.1) is 11.8 Å². The summed E-state index contributed by atoms with van der Waals surface area (Å²) in [5, 5.41) is 0. The quantitative estimate of drug-likeness (QED) is 0.505. The van der Waals surface area contributed by atoms with Crippen molar-refractivity contribution < 1.29 is 0 Å². The van der Waals surface area contributed by atoms with Crippen molar-refractivity contribution in [2.24, 2.45) is 11.8 Å². The molecule has 0 N–H and O–H groups in total. The fourth-order valence-electron chi connectivity index (χ4n) is 3.82. The van der Waals surface area contributed by atoms with Crippen molar-refractivity contribution in [1.82, 2.24) is 0 Å². The largest absolute Gasteiger partial charge is 0.0533 e. The molecule has 0 amide bonds. The molecule has 0 unspecified atom stereocenters. The van der Waals surface area contributed by atoms with Gasteiger partial charge in [0.1, 0.15) is 0 Å². The first-order valence-electron chi connectivity index (χ1n) is 7.95. The highest BCUT2D eigenvalue weighted by Gasteiger charge is 2.15. The van der Waals surface area contributed by atoms with Gasteiger partial charge in [-0.1, -0.05) is 89.9 Å². The Morgan fingerprint density at radius 1 is 0.500 bits per heavy atom. The fourth-order valence-corrected chi connectivity index (χ4v) is 3.82. The molecule has 94 valence electrons. The van der Waals surface area contributed by atoms with Gasteiger partial charge in [0, 0.05) is 0 Å². The van der Waals surface area contributed by atoms with Crippen LogP contribution in [0.25, 0.3) is 0 Å². The summed E-state index contributed by atoms with van der Waals surface area (Å²) in [6, 6.07) is 0. The van der Waals surface area contributed by atoms with Crippen LogP contribution in [-0.2, 0) is 0 Å². The molecule has 0 aliphatic heterocycles. The molecule has 0 nitrogen and oxygen atoms in total. The fraction of sp³-hybridized carbons (Fsp3) is 1.00. The summed E-state index contributed by atoms with van der Waals surface area (Å²) in [7, 11) is 0. The number of hydrogen-bond acceptors (Lipinski definition) is 0. The minimum atomic E-state index is 1.11. The van der Waals surface area contributed by atoms with E-state index >= 15 is 0 Å². The Morgan fingerprint density at radius 2 is 0.938 bits per heavy atom. The zero-order valence-corrected chi connectivity index (χ0v) is 11.1. The molecule has 16 heavy (non-hydrogen) atoms. The van der Waals surface area contributed by atoms with Crippen LogP contribution in [0.1, 0.15) is 89.9 Å². The molecular formula is C16H30. The van der Waals surface area contributed by atoms with Gasteiger partial charge in [0.15, 0.2) is 0 Å². The normalized spacial score (nSPS) is 24.0. The molecular weight excluding hydrogens is 192 g/mol. The molecule has 0 heterocycles. The third kappa shape index (κ3) is 4.47. The average molecular weight is 222 g/mol. The second-order valence-corrected chi connectivity index (χ2v) is 6.29. The van der Waals surface area contributed by atoms with Gasteiger partial charge < -0.3 is 0 Å². The van der Waals surface area contributed by atoms with E-state index in [1.54, 1.807) is 38.5 Å². The van der Waals surface area contributed by atoms with Crippen LogP contribution in [0.5, 0.6) is 0 Å². The Labute approximate surface area is 102 Å². The summed E-state index contributed by atoms with van der Waals surface area (Å²) in [4.78, 5) is 0.